The first-order valence-electron chi connectivity index (χ1n) is 9.81. The first-order valence-corrected chi connectivity index (χ1v) is 11.1. The molecule has 5 rings (SSSR count). The van der Waals surface area contributed by atoms with E-state index in [0.29, 0.717) is 39.3 Å². The number of nitrogens with one attached hydrogen (secondary N) is 1. The third-order valence-corrected chi connectivity index (χ3v) is 6.11. The van der Waals surface area contributed by atoms with Gasteiger partial charge in [0.2, 0.25) is 5.95 Å². The van der Waals surface area contributed by atoms with Gasteiger partial charge < -0.3 is 5.32 Å². The smallest absolute Gasteiger partial charge is 0.262 e. The zero-order valence-corrected chi connectivity index (χ0v) is 18.2. The van der Waals surface area contributed by atoms with Crippen LogP contribution in [-0.2, 0) is 6.42 Å². The minimum Gasteiger partial charge on any atom is -0.300 e. The zero-order valence-electron chi connectivity index (χ0n) is 16.6. The molecule has 0 aliphatic carbocycles. The standard InChI is InChI=1S/C23H16ClN5O2S/c24-15-6-3-5-14(11-15)12-19(29-20(30)16-7-1-2-8-17(16)21(29)31)18-13-32-23(27-18)28-22-25-9-4-10-26-22/h1-11,13,19H,12H2,(H,25,26,27,28). The first kappa shape index (κ1) is 20.3. The Hall–Kier alpha value is -3.62. The van der Waals surface area contributed by atoms with Crippen molar-refractivity contribution < 1.29 is 9.59 Å². The monoisotopic (exact) mass is 461 g/mol. The van der Waals surface area contributed by atoms with Gasteiger partial charge in [0.1, 0.15) is 0 Å². The van der Waals surface area contributed by atoms with Gasteiger partial charge in [0.05, 0.1) is 22.9 Å². The predicted octanol–water partition coefficient (Wildman–Crippen LogP) is 4.91. The number of halogens is 1. The maximum atomic E-state index is 13.2. The van der Waals surface area contributed by atoms with Crippen LogP contribution in [0.2, 0.25) is 5.02 Å². The quantitative estimate of drug-likeness (QED) is 0.410. The van der Waals surface area contributed by atoms with Gasteiger partial charge in [0.15, 0.2) is 5.13 Å². The van der Waals surface area contributed by atoms with E-state index >= 15 is 0 Å². The number of benzene rings is 2. The van der Waals surface area contributed by atoms with Gasteiger partial charge >= 0.3 is 0 Å². The van der Waals surface area contributed by atoms with E-state index in [1.165, 1.54) is 16.2 Å². The van der Waals surface area contributed by atoms with E-state index in [4.69, 9.17) is 11.6 Å². The van der Waals surface area contributed by atoms with Crippen LogP contribution < -0.4 is 5.32 Å². The second-order valence-corrected chi connectivity index (χ2v) is 8.45. The molecule has 9 heteroatoms. The lowest BCUT2D eigenvalue weighted by Crippen LogP contribution is -2.35. The van der Waals surface area contributed by atoms with Crippen molar-refractivity contribution in [1.29, 1.82) is 0 Å². The number of thiazole rings is 1. The fourth-order valence-electron chi connectivity index (χ4n) is 3.66. The van der Waals surface area contributed by atoms with E-state index in [0.717, 1.165) is 5.56 Å². The van der Waals surface area contributed by atoms with Crippen molar-refractivity contribution >= 4 is 45.8 Å². The minimum absolute atomic E-state index is 0.327. The van der Waals surface area contributed by atoms with Gasteiger partial charge in [-0.15, -0.1) is 11.3 Å². The largest absolute Gasteiger partial charge is 0.300 e. The molecule has 0 radical (unpaired) electrons. The van der Waals surface area contributed by atoms with Crippen molar-refractivity contribution in [3.05, 3.63) is 99.8 Å². The van der Waals surface area contributed by atoms with Gasteiger partial charge in [-0.25, -0.2) is 15.0 Å². The van der Waals surface area contributed by atoms with Crippen LogP contribution in [0.1, 0.15) is 38.0 Å². The number of amides is 2. The summed E-state index contributed by atoms with van der Waals surface area (Å²) in [7, 11) is 0. The molecule has 4 aromatic rings. The Morgan fingerprint density at radius 3 is 2.38 bits per heavy atom. The molecule has 7 nitrogen and oxygen atoms in total. The van der Waals surface area contributed by atoms with Crippen molar-refractivity contribution in [3.8, 4) is 0 Å². The molecule has 2 amide bonds. The number of rotatable bonds is 6. The Balaban J connectivity index is 1.51. The van der Waals surface area contributed by atoms with Crippen LogP contribution in [0.25, 0.3) is 0 Å². The van der Waals surface area contributed by atoms with Gasteiger partial charge in [-0.3, -0.25) is 14.5 Å². The lowest BCUT2D eigenvalue weighted by molar-refractivity contribution is 0.0578. The van der Waals surface area contributed by atoms with Crippen LogP contribution in [0.4, 0.5) is 11.1 Å². The highest BCUT2D eigenvalue weighted by Gasteiger charge is 2.41. The SMILES string of the molecule is O=C1c2ccccc2C(=O)N1C(Cc1cccc(Cl)c1)c1csc(Nc2ncccn2)n1. The van der Waals surface area contributed by atoms with Crippen molar-refractivity contribution in [1.82, 2.24) is 19.9 Å². The van der Waals surface area contributed by atoms with E-state index in [2.05, 4.69) is 20.3 Å². The van der Waals surface area contributed by atoms with E-state index in [-0.39, 0.29) is 11.8 Å². The van der Waals surface area contributed by atoms with Gasteiger partial charge in [-0.05, 0) is 42.3 Å². The van der Waals surface area contributed by atoms with Crippen LogP contribution in [0.5, 0.6) is 0 Å². The fraction of sp³-hybridized carbons (Fsp3) is 0.0870. The number of hydrogen-bond donors (Lipinski definition) is 1. The summed E-state index contributed by atoms with van der Waals surface area (Å²) < 4.78 is 0. The molecule has 32 heavy (non-hydrogen) atoms. The maximum absolute atomic E-state index is 13.2. The number of imide groups is 1. The molecule has 1 aliphatic rings. The Morgan fingerprint density at radius 2 is 1.69 bits per heavy atom. The van der Waals surface area contributed by atoms with Gasteiger partial charge in [-0.2, -0.15) is 0 Å². The van der Waals surface area contributed by atoms with Gasteiger partial charge in [0, 0.05) is 22.8 Å². The van der Waals surface area contributed by atoms with Gasteiger partial charge in [0.25, 0.3) is 11.8 Å². The lowest BCUT2D eigenvalue weighted by Gasteiger charge is -2.25. The number of carbonyl (C=O) groups excluding carboxylic acids is 2. The highest BCUT2D eigenvalue weighted by Crippen LogP contribution is 2.35. The van der Waals surface area contributed by atoms with Crippen LogP contribution in [-0.4, -0.2) is 31.7 Å². The highest BCUT2D eigenvalue weighted by molar-refractivity contribution is 7.13. The molecule has 0 saturated heterocycles. The maximum Gasteiger partial charge on any atom is 0.262 e. The van der Waals surface area contributed by atoms with Crippen LogP contribution >= 0.6 is 22.9 Å². The minimum atomic E-state index is -0.593. The molecule has 1 atom stereocenters. The molecule has 2 aromatic carbocycles. The summed E-state index contributed by atoms with van der Waals surface area (Å²) in [4.78, 5) is 40.6. The van der Waals surface area contributed by atoms with E-state index in [9.17, 15) is 9.59 Å². The summed E-state index contributed by atoms with van der Waals surface area (Å²) >= 11 is 7.53. The van der Waals surface area contributed by atoms with E-state index < -0.39 is 6.04 Å². The zero-order chi connectivity index (χ0) is 22.1. The number of fused-ring (bicyclic) bond motifs is 1. The Morgan fingerprint density at radius 1 is 0.969 bits per heavy atom. The third-order valence-electron chi connectivity index (χ3n) is 5.10. The van der Waals surface area contributed by atoms with Crippen LogP contribution in [0.15, 0.2) is 72.4 Å². The fourth-order valence-corrected chi connectivity index (χ4v) is 4.63. The molecule has 0 fully saturated rings. The summed E-state index contributed by atoms with van der Waals surface area (Å²) in [6.45, 7) is 0. The molecule has 1 aliphatic heterocycles. The molecule has 1 unspecified atom stereocenters. The molecule has 2 aromatic heterocycles. The lowest BCUT2D eigenvalue weighted by atomic mass is 10.0. The number of nitrogens with zero attached hydrogens (tertiary/aromatic N) is 4. The molecule has 158 valence electrons. The summed E-state index contributed by atoms with van der Waals surface area (Å²) in [6.07, 6.45) is 3.65. The summed E-state index contributed by atoms with van der Waals surface area (Å²) in [6, 6.07) is 15.4. The first-order chi connectivity index (χ1) is 15.6. The Kier molecular flexibility index (Phi) is 5.38. The Bertz CT molecular complexity index is 1280. The third kappa shape index (κ3) is 3.86. The second kappa shape index (κ2) is 8.49. The normalized spacial score (nSPS) is 13.8. The van der Waals surface area contributed by atoms with Crippen molar-refractivity contribution in [3.63, 3.8) is 0 Å². The number of anilines is 2. The van der Waals surface area contributed by atoms with Crippen molar-refractivity contribution in [2.75, 3.05) is 5.32 Å². The molecule has 0 bridgehead atoms. The summed E-state index contributed by atoms with van der Waals surface area (Å²) in [5, 5.41) is 6.05. The second-order valence-electron chi connectivity index (χ2n) is 7.15. The van der Waals surface area contributed by atoms with Crippen molar-refractivity contribution in [2.24, 2.45) is 0 Å². The summed E-state index contributed by atoms with van der Waals surface area (Å²) in [5.74, 6) is -0.237. The average molecular weight is 462 g/mol. The molecular weight excluding hydrogens is 446 g/mol. The predicted molar refractivity (Wildman–Crippen MR) is 122 cm³/mol. The molecule has 0 saturated carbocycles. The van der Waals surface area contributed by atoms with E-state index in [1.807, 2.05) is 23.6 Å². The molecule has 3 heterocycles. The number of aromatic nitrogens is 3. The highest BCUT2D eigenvalue weighted by atomic mass is 35.5. The van der Waals surface area contributed by atoms with Crippen molar-refractivity contribution in [2.45, 2.75) is 12.5 Å². The van der Waals surface area contributed by atoms with Crippen LogP contribution in [0, 0.1) is 0 Å². The van der Waals surface area contributed by atoms with Crippen LogP contribution in [0.3, 0.4) is 0 Å². The molecular formula is C23H16ClN5O2S. The molecule has 0 spiro atoms. The number of carbonyl (C=O) groups is 2. The molecule has 1 N–H and O–H groups in total. The summed E-state index contributed by atoms with van der Waals surface area (Å²) in [5.41, 5.74) is 2.30. The topological polar surface area (TPSA) is 88.1 Å². The van der Waals surface area contributed by atoms with Gasteiger partial charge in [-0.1, -0.05) is 35.9 Å². The van der Waals surface area contributed by atoms with E-state index in [1.54, 1.807) is 48.8 Å². The number of hydrogen-bond acceptors (Lipinski definition) is 7. The Labute approximate surface area is 192 Å². The average Bonchev–Trinajstić information content (AvgIpc) is 3.36.